The molecule has 1 heterocycles. The van der Waals surface area contributed by atoms with E-state index in [1.807, 2.05) is 0 Å². The van der Waals surface area contributed by atoms with E-state index in [9.17, 15) is 22.8 Å². The summed E-state index contributed by atoms with van der Waals surface area (Å²) in [5.74, 6) is -2.15. The van der Waals surface area contributed by atoms with Gasteiger partial charge in [0.15, 0.2) is 18.3 Å². The molecule has 1 N–H and O–H groups in total. The third kappa shape index (κ3) is 8.31. The molecule has 0 saturated carbocycles. The first kappa shape index (κ1) is 28.2. The number of carbonyl (C=O) groups excluding carboxylic acids is 3. The van der Waals surface area contributed by atoms with Gasteiger partial charge in [-0.1, -0.05) is 23.4 Å². The zero-order valence-electron chi connectivity index (χ0n) is 19.1. The van der Waals surface area contributed by atoms with Gasteiger partial charge in [0, 0.05) is 43.4 Å². The van der Waals surface area contributed by atoms with Crippen LogP contribution in [-0.2, 0) is 47.6 Å². The van der Waals surface area contributed by atoms with Gasteiger partial charge >= 0.3 is 17.9 Å². The molecule has 0 amide bonds. The van der Waals surface area contributed by atoms with E-state index in [2.05, 4.69) is 5.32 Å². The van der Waals surface area contributed by atoms with Gasteiger partial charge in [0.2, 0.25) is 0 Å². The van der Waals surface area contributed by atoms with Crippen molar-refractivity contribution in [1.29, 1.82) is 0 Å². The van der Waals surface area contributed by atoms with Gasteiger partial charge in [0.1, 0.15) is 18.1 Å². The molecular formula is C20H26ClNO10S2. The minimum Gasteiger partial charge on any atom is -0.463 e. The molecule has 190 valence electrons. The van der Waals surface area contributed by atoms with E-state index in [0.29, 0.717) is 15.6 Å². The lowest BCUT2D eigenvalue weighted by Crippen LogP contribution is -2.61. The van der Waals surface area contributed by atoms with Gasteiger partial charge in [-0.15, -0.1) is 0 Å². The first-order chi connectivity index (χ1) is 15.8. The van der Waals surface area contributed by atoms with Gasteiger partial charge in [-0.2, -0.15) is 8.42 Å². The van der Waals surface area contributed by atoms with E-state index in [0.717, 1.165) is 31.9 Å². The monoisotopic (exact) mass is 539 g/mol. The maximum Gasteiger partial charge on any atom is 0.303 e. The Labute approximate surface area is 206 Å². The summed E-state index contributed by atoms with van der Waals surface area (Å²) in [6, 6.07) is 4.96. The van der Waals surface area contributed by atoms with E-state index < -0.39 is 57.9 Å². The molecule has 1 saturated heterocycles. The number of hydrogen-bond donors (Lipinski definition) is 1. The Bertz CT molecular complexity index is 1020. The zero-order valence-corrected chi connectivity index (χ0v) is 21.5. The lowest BCUT2D eigenvalue weighted by Gasteiger charge is -2.44. The molecule has 0 unspecified atom stereocenters. The molecule has 0 aromatic heterocycles. The largest absolute Gasteiger partial charge is 0.463 e. The van der Waals surface area contributed by atoms with E-state index in [-0.39, 0.29) is 6.61 Å². The number of hydrogen-bond acceptors (Lipinski definition) is 12. The van der Waals surface area contributed by atoms with Crippen LogP contribution in [0.5, 0.6) is 0 Å². The highest BCUT2D eigenvalue weighted by atomic mass is 35.5. The average Bonchev–Trinajstić information content (AvgIpc) is 2.70. The average molecular weight is 540 g/mol. The fourth-order valence-corrected chi connectivity index (χ4v) is 5.28. The second-order valence-electron chi connectivity index (χ2n) is 7.27. The number of thioether (sulfide) groups is 1. The Balaban J connectivity index is 2.55. The third-order valence-corrected chi connectivity index (χ3v) is 6.41. The van der Waals surface area contributed by atoms with Crippen LogP contribution in [0.15, 0.2) is 23.1 Å². The first-order valence-electron chi connectivity index (χ1n) is 9.96. The number of anilines is 1. The number of benzene rings is 1. The van der Waals surface area contributed by atoms with Crippen LogP contribution < -0.4 is 5.32 Å². The molecule has 14 heteroatoms. The molecule has 5 atom stereocenters. The van der Waals surface area contributed by atoms with Crippen LogP contribution in [0.3, 0.4) is 0 Å². The molecule has 1 aromatic rings. The number of ether oxygens (including phenoxy) is 4. The fraction of sp³-hybridized carbons (Fsp3) is 0.550. The summed E-state index contributed by atoms with van der Waals surface area (Å²) in [7, 11) is -2.41. The van der Waals surface area contributed by atoms with Crippen molar-refractivity contribution in [2.24, 2.45) is 0 Å². The summed E-state index contributed by atoms with van der Waals surface area (Å²) in [6.45, 7) is 3.06. The minimum absolute atomic E-state index is 0.354. The van der Waals surface area contributed by atoms with Crippen molar-refractivity contribution in [1.82, 2.24) is 0 Å². The summed E-state index contributed by atoms with van der Waals surface area (Å²) in [5.41, 5.74) is -0.485. The number of carbonyl (C=O) groups is 3. The minimum atomic E-state index is -4.08. The quantitative estimate of drug-likeness (QED) is 0.278. The van der Waals surface area contributed by atoms with Crippen molar-refractivity contribution in [3.8, 4) is 0 Å². The van der Waals surface area contributed by atoms with Crippen molar-refractivity contribution < 1.29 is 45.9 Å². The normalized spacial score (nSPS) is 24.7. The predicted molar refractivity (Wildman–Crippen MR) is 123 cm³/mol. The van der Waals surface area contributed by atoms with Crippen LogP contribution >= 0.6 is 23.4 Å². The standard InChI is InChI=1S/C20H26ClNO10S2/c1-10(23)28-9-15-17(29-11(2)24)18(30-12(3)25)19(32-34(5,26)27)20(31-15)33-16-7-6-13(21)8-14(16)22-4/h6-8,15,17-20,22H,9H2,1-5H3/t15-,17-,18+,19-,20+/m1/s1. The van der Waals surface area contributed by atoms with Crippen molar-refractivity contribution in [2.75, 3.05) is 25.2 Å². The smallest absolute Gasteiger partial charge is 0.303 e. The Morgan fingerprint density at radius 3 is 2.21 bits per heavy atom. The molecule has 0 radical (unpaired) electrons. The Morgan fingerprint density at radius 1 is 1.06 bits per heavy atom. The molecule has 1 fully saturated rings. The predicted octanol–water partition coefficient (Wildman–Crippen LogP) is 1.97. The molecule has 0 aliphatic carbocycles. The van der Waals surface area contributed by atoms with Crippen LogP contribution in [0.2, 0.25) is 5.02 Å². The van der Waals surface area contributed by atoms with E-state index in [4.69, 9.17) is 34.7 Å². The lowest BCUT2D eigenvalue weighted by molar-refractivity contribution is -0.226. The van der Waals surface area contributed by atoms with Crippen LogP contribution in [-0.4, -0.2) is 76.1 Å². The van der Waals surface area contributed by atoms with E-state index >= 15 is 0 Å². The van der Waals surface area contributed by atoms with Gasteiger partial charge in [-0.25, -0.2) is 0 Å². The van der Waals surface area contributed by atoms with Gasteiger partial charge in [-0.05, 0) is 18.2 Å². The van der Waals surface area contributed by atoms with Gasteiger partial charge < -0.3 is 24.3 Å². The summed E-state index contributed by atoms with van der Waals surface area (Å²) in [5, 5.41) is 3.44. The second kappa shape index (κ2) is 12.1. The number of nitrogens with one attached hydrogen (secondary N) is 1. The van der Waals surface area contributed by atoms with Crippen molar-refractivity contribution in [3.05, 3.63) is 23.2 Å². The summed E-state index contributed by atoms with van der Waals surface area (Å²) < 4.78 is 51.2. The maximum absolute atomic E-state index is 12.1. The molecule has 0 bridgehead atoms. The highest BCUT2D eigenvalue weighted by Crippen LogP contribution is 2.41. The van der Waals surface area contributed by atoms with Crippen molar-refractivity contribution in [2.45, 2.75) is 55.5 Å². The molecule has 0 spiro atoms. The maximum atomic E-state index is 12.1. The zero-order chi connectivity index (χ0) is 25.6. The van der Waals surface area contributed by atoms with Gasteiger partial charge in [-0.3, -0.25) is 18.6 Å². The van der Waals surface area contributed by atoms with Crippen LogP contribution in [0.25, 0.3) is 0 Å². The Hall–Kier alpha value is -2.06. The summed E-state index contributed by atoms with van der Waals surface area (Å²) in [4.78, 5) is 35.7. The van der Waals surface area contributed by atoms with Crippen LogP contribution in [0.4, 0.5) is 5.69 Å². The molecule has 1 aliphatic rings. The number of rotatable bonds is 9. The van der Waals surface area contributed by atoms with Crippen LogP contribution in [0, 0.1) is 0 Å². The number of halogens is 1. The van der Waals surface area contributed by atoms with Gasteiger partial charge in [0.05, 0.1) is 6.26 Å². The van der Waals surface area contributed by atoms with Gasteiger partial charge in [0.25, 0.3) is 10.1 Å². The molecule has 2 rings (SSSR count). The van der Waals surface area contributed by atoms with E-state index in [1.165, 1.54) is 6.92 Å². The second-order valence-corrected chi connectivity index (χ2v) is 10.4. The molecule has 1 aromatic carbocycles. The molecule has 1 aliphatic heterocycles. The molecular weight excluding hydrogens is 514 g/mol. The Morgan fingerprint density at radius 2 is 1.68 bits per heavy atom. The van der Waals surface area contributed by atoms with E-state index in [1.54, 1.807) is 25.2 Å². The summed E-state index contributed by atoms with van der Waals surface area (Å²) >= 11 is 7.12. The highest BCUT2D eigenvalue weighted by Gasteiger charge is 2.52. The fourth-order valence-electron chi connectivity index (χ4n) is 3.20. The SMILES string of the molecule is CNc1cc(Cl)ccc1S[C@@H]1O[C@H](COC(C)=O)[C@@H](OC(C)=O)[C@H](OC(C)=O)[C@H]1OS(C)(=O)=O. The highest BCUT2D eigenvalue weighted by molar-refractivity contribution is 8.00. The molecule has 34 heavy (non-hydrogen) atoms. The number of esters is 3. The Kier molecular flexibility index (Phi) is 10.0. The van der Waals surface area contributed by atoms with Crippen molar-refractivity contribution in [3.63, 3.8) is 0 Å². The lowest BCUT2D eigenvalue weighted by atomic mass is 9.99. The first-order valence-corrected chi connectivity index (χ1v) is 13.0. The summed E-state index contributed by atoms with van der Waals surface area (Å²) in [6.07, 6.45) is -4.40. The third-order valence-electron chi connectivity index (χ3n) is 4.39. The topological polar surface area (TPSA) is 144 Å². The molecule has 11 nitrogen and oxygen atoms in total. The van der Waals surface area contributed by atoms with Crippen molar-refractivity contribution >= 4 is 57.1 Å². The van der Waals surface area contributed by atoms with Crippen LogP contribution in [0.1, 0.15) is 20.8 Å².